The molecule has 1 fully saturated rings. The minimum atomic E-state index is -1.05. The smallest absolute Gasteiger partial charge is 0.338 e. The van der Waals surface area contributed by atoms with Crippen molar-refractivity contribution in [1.29, 1.82) is 0 Å². The lowest BCUT2D eigenvalue weighted by molar-refractivity contribution is -0.245. The van der Waals surface area contributed by atoms with Crippen LogP contribution < -0.4 is 16.4 Å². The third-order valence-corrected chi connectivity index (χ3v) is 8.89. The van der Waals surface area contributed by atoms with Crippen LogP contribution in [0.5, 0.6) is 0 Å². The van der Waals surface area contributed by atoms with E-state index in [4.69, 9.17) is 15.2 Å². The molecule has 0 aliphatic carbocycles. The van der Waals surface area contributed by atoms with Crippen molar-refractivity contribution in [1.82, 2.24) is 4.98 Å². The van der Waals surface area contributed by atoms with Crippen LogP contribution in [0.4, 0.5) is 17.1 Å². The first-order valence-corrected chi connectivity index (χ1v) is 16.6. The zero-order chi connectivity index (χ0) is 33.9. The molecule has 0 spiro atoms. The lowest BCUT2D eigenvalue weighted by atomic mass is 10.0. The maximum Gasteiger partial charge on any atom is 0.338 e. The predicted molar refractivity (Wildman–Crippen MR) is 183 cm³/mol. The Labute approximate surface area is 282 Å². The van der Waals surface area contributed by atoms with Crippen molar-refractivity contribution in [3.63, 3.8) is 0 Å². The van der Waals surface area contributed by atoms with Crippen LogP contribution in [0.15, 0.2) is 96.2 Å². The molecule has 6 N–H and O–H groups in total. The molecule has 0 saturated carbocycles. The van der Waals surface area contributed by atoms with E-state index in [2.05, 4.69) is 15.6 Å². The third kappa shape index (κ3) is 9.64. The molecule has 3 atom stereocenters. The molecule has 11 nitrogen and oxygen atoms in total. The number of aromatic nitrogens is 1. The summed E-state index contributed by atoms with van der Waals surface area (Å²) in [6.45, 7) is -0.0650. The van der Waals surface area contributed by atoms with Gasteiger partial charge in [-0.1, -0.05) is 48.5 Å². The molecule has 3 aromatic carbocycles. The fourth-order valence-electron chi connectivity index (χ4n) is 5.24. The molecule has 0 radical (unpaired) electrons. The summed E-state index contributed by atoms with van der Waals surface area (Å²) in [4.78, 5) is 41.0. The number of nitrogen functional groups attached to an aromatic ring is 1. The summed E-state index contributed by atoms with van der Waals surface area (Å²) in [5, 5.41) is 25.2. The summed E-state index contributed by atoms with van der Waals surface area (Å²) in [5.74, 6) is -0.937. The van der Waals surface area contributed by atoms with Gasteiger partial charge in [-0.2, -0.15) is 0 Å². The number of nitrogens with two attached hydrogens (primary N) is 1. The molecule has 2 heterocycles. The molecule has 5 rings (SSSR count). The number of carboxylic acid groups (broad SMARTS) is 1. The van der Waals surface area contributed by atoms with E-state index in [1.165, 1.54) is 17.8 Å². The van der Waals surface area contributed by atoms with Gasteiger partial charge in [-0.15, -0.1) is 11.8 Å². The van der Waals surface area contributed by atoms with Crippen molar-refractivity contribution < 1.29 is 34.1 Å². The number of rotatable bonds is 14. The number of thioether (sulfide) groups is 1. The van der Waals surface area contributed by atoms with Crippen LogP contribution in [-0.2, 0) is 25.7 Å². The van der Waals surface area contributed by atoms with Crippen LogP contribution in [0.2, 0.25) is 0 Å². The average molecular weight is 671 g/mol. The van der Waals surface area contributed by atoms with Crippen molar-refractivity contribution in [2.45, 2.75) is 62.2 Å². The number of unbranched alkanes of at least 4 members (excludes halogenated alkanes) is 1. The summed E-state index contributed by atoms with van der Waals surface area (Å²) < 4.78 is 12.8. The minimum absolute atomic E-state index is 0.0650. The van der Waals surface area contributed by atoms with Gasteiger partial charge in [0.2, 0.25) is 11.8 Å². The molecule has 1 aliphatic heterocycles. The number of aromatic carboxylic acids is 1. The fraction of sp³-hybridized carbons (Fsp3) is 0.278. The van der Waals surface area contributed by atoms with Gasteiger partial charge in [-0.05, 0) is 60.4 Å². The number of aliphatic hydroxyl groups is 1. The number of carbonyl (C=O) groups is 3. The molecule has 250 valence electrons. The summed E-state index contributed by atoms with van der Waals surface area (Å²) in [6.07, 6.45) is 2.27. The molecular weight excluding hydrogens is 632 g/mol. The molecule has 48 heavy (non-hydrogen) atoms. The second-order valence-electron chi connectivity index (χ2n) is 11.3. The first-order chi connectivity index (χ1) is 23.3. The summed E-state index contributed by atoms with van der Waals surface area (Å²) in [7, 11) is 0. The molecule has 1 aromatic heterocycles. The van der Waals surface area contributed by atoms with Crippen LogP contribution in [0, 0.1) is 0 Å². The maximum absolute atomic E-state index is 12.8. The van der Waals surface area contributed by atoms with E-state index in [1.54, 1.807) is 42.6 Å². The lowest BCUT2D eigenvalue weighted by Crippen LogP contribution is -2.31. The lowest BCUT2D eigenvalue weighted by Gasteiger charge is -2.36. The van der Waals surface area contributed by atoms with Crippen molar-refractivity contribution in [2.24, 2.45) is 0 Å². The van der Waals surface area contributed by atoms with Crippen molar-refractivity contribution in [3.8, 4) is 0 Å². The Kier molecular flexibility index (Phi) is 12.2. The van der Waals surface area contributed by atoms with Crippen LogP contribution in [0.3, 0.4) is 0 Å². The number of nitrogens with one attached hydrogen (secondary N) is 2. The molecule has 4 aromatic rings. The highest BCUT2D eigenvalue weighted by molar-refractivity contribution is 7.99. The van der Waals surface area contributed by atoms with Gasteiger partial charge in [0.15, 0.2) is 6.29 Å². The molecule has 1 saturated heterocycles. The quantitative estimate of drug-likeness (QED) is 0.0580. The maximum atomic E-state index is 12.8. The van der Waals surface area contributed by atoms with Gasteiger partial charge >= 0.3 is 5.97 Å². The monoisotopic (exact) mass is 670 g/mol. The Balaban J connectivity index is 1.20. The Morgan fingerprint density at radius 1 is 0.875 bits per heavy atom. The number of hydrogen-bond acceptors (Lipinski definition) is 9. The number of carboxylic acids is 1. The van der Waals surface area contributed by atoms with Gasteiger partial charge in [0.1, 0.15) is 5.03 Å². The number of aliphatic hydroxyl groups excluding tert-OH is 1. The number of para-hydroxylation sites is 2. The van der Waals surface area contributed by atoms with Crippen molar-refractivity contribution in [2.75, 3.05) is 22.1 Å². The zero-order valence-corrected chi connectivity index (χ0v) is 27.0. The van der Waals surface area contributed by atoms with Gasteiger partial charge in [0, 0.05) is 42.5 Å². The highest BCUT2D eigenvalue weighted by atomic mass is 32.2. The van der Waals surface area contributed by atoms with Crippen LogP contribution in [0.25, 0.3) is 0 Å². The molecular formula is C36H38N4O7S. The SMILES string of the molecule is Nc1ccccc1NC(=O)CCCCC(=O)Nc1cccc(C2OC(CSc3ncccc3C(=O)O)CC(c3ccc(CO)cc3)O2)c1. The van der Waals surface area contributed by atoms with E-state index >= 15 is 0 Å². The second kappa shape index (κ2) is 16.9. The number of anilines is 3. The van der Waals surface area contributed by atoms with E-state index < -0.39 is 12.3 Å². The van der Waals surface area contributed by atoms with E-state index in [1.807, 2.05) is 42.5 Å². The largest absolute Gasteiger partial charge is 0.478 e. The Morgan fingerprint density at radius 3 is 2.35 bits per heavy atom. The molecule has 12 heteroatoms. The van der Waals surface area contributed by atoms with Gasteiger partial charge in [0.05, 0.1) is 35.8 Å². The van der Waals surface area contributed by atoms with Crippen LogP contribution in [-0.4, -0.2) is 44.8 Å². The Hall–Kier alpha value is -4.75. The van der Waals surface area contributed by atoms with E-state index in [-0.39, 0.29) is 49.0 Å². The molecule has 3 unspecified atom stereocenters. The molecule has 1 aliphatic rings. The second-order valence-corrected chi connectivity index (χ2v) is 12.3. The number of ether oxygens (including phenoxy) is 2. The van der Waals surface area contributed by atoms with Crippen molar-refractivity contribution in [3.05, 3.63) is 113 Å². The number of amides is 2. The summed E-state index contributed by atoms with van der Waals surface area (Å²) >= 11 is 1.31. The number of benzene rings is 3. The van der Waals surface area contributed by atoms with Gasteiger partial charge in [0.25, 0.3) is 0 Å². The van der Waals surface area contributed by atoms with Gasteiger partial charge < -0.3 is 36.1 Å². The summed E-state index contributed by atoms with van der Waals surface area (Å²) in [6, 6.07) is 25.0. The molecule has 0 bridgehead atoms. The highest BCUT2D eigenvalue weighted by Crippen LogP contribution is 2.40. The minimum Gasteiger partial charge on any atom is -0.478 e. The summed E-state index contributed by atoms with van der Waals surface area (Å²) in [5.41, 5.74) is 10.1. The molecule has 2 amide bonds. The third-order valence-electron chi connectivity index (χ3n) is 7.76. The zero-order valence-electron chi connectivity index (χ0n) is 26.2. The van der Waals surface area contributed by atoms with E-state index in [9.17, 15) is 24.6 Å². The van der Waals surface area contributed by atoms with E-state index in [0.717, 1.165) is 11.1 Å². The average Bonchev–Trinajstić information content (AvgIpc) is 3.10. The highest BCUT2D eigenvalue weighted by Gasteiger charge is 2.33. The number of hydrogen-bond donors (Lipinski definition) is 5. The van der Waals surface area contributed by atoms with Crippen molar-refractivity contribution >= 4 is 46.6 Å². The number of nitrogens with zero attached hydrogens (tertiary/aromatic N) is 1. The van der Waals surface area contributed by atoms with Crippen LogP contribution >= 0.6 is 11.8 Å². The predicted octanol–water partition coefficient (Wildman–Crippen LogP) is 6.33. The topological polar surface area (TPSA) is 173 Å². The first kappa shape index (κ1) is 34.6. The number of pyridine rings is 1. The van der Waals surface area contributed by atoms with Crippen LogP contribution in [0.1, 0.15) is 71.5 Å². The Bertz CT molecular complexity index is 1720. The normalized spacial score (nSPS) is 17.4. The first-order valence-electron chi connectivity index (χ1n) is 15.6. The standard InChI is InChI=1S/C36H38N4O7S/c37-29-10-1-2-11-30(29)40-33(43)13-4-3-12-32(42)39-26-8-5-7-25(19-26)36-46-27(22-48-34-28(35(44)45)9-6-18-38-34)20-31(47-36)24-16-14-23(21-41)15-17-24/h1-2,5-11,14-19,27,31,36,41H,3-4,12-13,20-22,37H2,(H,39,42)(H,40,43)(H,44,45). The van der Waals surface area contributed by atoms with Gasteiger partial charge in [-0.3, -0.25) is 9.59 Å². The van der Waals surface area contributed by atoms with Gasteiger partial charge in [-0.25, -0.2) is 9.78 Å². The fourth-order valence-corrected chi connectivity index (χ4v) is 6.25. The number of carbonyl (C=O) groups excluding carboxylic acids is 2. The Morgan fingerprint density at radius 2 is 1.62 bits per heavy atom. The van der Waals surface area contributed by atoms with E-state index in [0.29, 0.717) is 52.7 Å².